The summed E-state index contributed by atoms with van der Waals surface area (Å²) in [5.41, 5.74) is -0.704. The van der Waals surface area contributed by atoms with Crippen molar-refractivity contribution in [1.29, 1.82) is 0 Å². The van der Waals surface area contributed by atoms with Gasteiger partial charge in [-0.3, -0.25) is 4.79 Å². The normalized spacial score (nSPS) is 15.1. The molecule has 4 heteroatoms. The van der Waals surface area contributed by atoms with Gasteiger partial charge in [-0.05, 0) is 37.8 Å². The van der Waals surface area contributed by atoms with Crippen molar-refractivity contribution in [3.63, 3.8) is 0 Å². The van der Waals surface area contributed by atoms with Crippen molar-refractivity contribution in [2.45, 2.75) is 38.6 Å². The van der Waals surface area contributed by atoms with Gasteiger partial charge in [0.05, 0.1) is 0 Å². The van der Waals surface area contributed by atoms with Crippen LogP contribution in [0.2, 0.25) is 0 Å². The van der Waals surface area contributed by atoms with Crippen molar-refractivity contribution in [1.82, 2.24) is 5.32 Å². The SMILES string of the molecule is CCNC(CC)(CCCSC)C(=O)O. The topological polar surface area (TPSA) is 49.3 Å². The Morgan fingerprint density at radius 3 is 2.50 bits per heavy atom. The molecule has 1 atom stereocenters. The number of aliphatic carboxylic acids is 1. The van der Waals surface area contributed by atoms with Crippen LogP contribution in [-0.4, -0.2) is 35.2 Å². The van der Waals surface area contributed by atoms with E-state index in [-0.39, 0.29) is 0 Å². The number of carboxylic acids is 1. The molecule has 1 unspecified atom stereocenters. The fourth-order valence-corrected chi connectivity index (χ4v) is 2.01. The summed E-state index contributed by atoms with van der Waals surface area (Å²) in [6, 6.07) is 0. The summed E-state index contributed by atoms with van der Waals surface area (Å²) >= 11 is 1.76. The minimum absolute atomic E-state index is 0.643. The number of carbonyl (C=O) groups is 1. The molecule has 0 amide bonds. The summed E-state index contributed by atoms with van der Waals surface area (Å²) in [7, 11) is 0. The van der Waals surface area contributed by atoms with E-state index in [1.807, 2.05) is 20.1 Å². The molecule has 0 heterocycles. The van der Waals surface area contributed by atoms with Gasteiger partial charge in [-0.1, -0.05) is 13.8 Å². The summed E-state index contributed by atoms with van der Waals surface area (Å²) in [5, 5.41) is 12.3. The molecule has 0 aromatic heterocycles. The highest BCUT2D eigenvalue weighted by molar-refractivity contribution is 7.98. The molecular formula is C10H21NO2S. The van der Waals surface area contributed by atoms with Gasteiger partial charge in [-0.2, -0.15) is 11.8 Å². The maximum Gasteiger partial charge on any atom is 0.323 e. The molecule has 0 aromatic rings. The van der Waals surface area contributed by atoms with Gasteiger partial charge in [0.2, 0.25) is 0 Å². The molecule has 14 heavy (non-hydrogen) atoms. The van der Waals surface area contributed by atoms with E-state index in [0.717, 1.165) is 12.2 Å². The van der Waals surface area contributed by atoms with Crippen LogP contribution in [0.4, 0.5) is 0 Å². The lowest BCUT2D eigenvalue weighted by Crippen LogP contribution is -2.51. The molecule has 0 aromatic carbocycles. The van der Waals surface area contributed by atoms with Crippen molar-refractivity contribution in [2.24, 2.45) is 0 Å². The standard InChI is InChI=1S/C10H21NO2S/c1-4-10(9(12)13,11-5-2)7-6-8-14-3/h11H,4-8H2,1-3H3,(H,12,13). The lowest BCUT2D eigenvalue weighted by Gasteiger charge is -2.29. The average Bonchev–Trinajstić information content (AvgIpc) is 2.16. The summed E-state index contributed by atoms with van der Waals surface area (Å²) in [6.07, 6.45) is 4.36. The first-order chi connectivity index (χ1) is 6.63. The molecule has 0 aliphatic heterocycles. The van der Waals surface area contributed by atoms with Gasteiger partial charge in [0.1, 0.15) is 5.54 Å². The Morgan fingerprint density at radius 1 is 1.50 bits per heavy atom. The highest BCUT2D eigenvalue weighted by atomic mass is 32.2. The van der Waals surface area contributed by atoms with Crippen molar-refractivity contribution in [3.05, 3.63) is 0 Å². The Balaban J connectivity index is 4.26. The van der Waals surface area contributed by atoms with Gasteiger partial charge in [-0.25, -0.2) is 0 Å². The number of rotatable bonds is 8. The first kappa shape index (κ1) is 13.8. The zero-order chi connectivity index (χ0) is 11.0. The van der Waals surface area contributed by atoms with E-state index >= 15 is 0 Å². The van der Waals surface area contributed by atoms with Gasteiger partial charge in [0.15, 0.2) is 0 Å². The quantitative estimate of drug-likeness (QED) is 0.613. The summed E-state index contributed by atoms with van der Waals surface area (Å²) < 4.78 is 0. The second-order valence-electron chi connectivity index (χ2n) is 3.37. The molecule has 0 radical (unpaired) electrons. The highest BCUT2D eigenvalue weighted by Crippen LogP contribution is 2.19. The second kappa shape index (κ2) is 7.12. The second-order valence-corrected chi connectivity index (χ2v) is 4.35. The lowest BCUT2D eigenvalue weighted by molar-refractivity contribution is -0.145. The molecule has 0 rings (SSSR count). The van der Waals surface area contributed by atoms with Gasteiger partial charge in [-0.15, -0.1) is 0 Å². The molecule has 0 bridgehead atoms. The molecule has 84 valence electrons. The number of carboxylic acid groups (broad SMARTS) is 1. The van der Waals surface area contributed by atoms with E-state index in [1.165, 1.54) is 0 Å². The van der Waals surface area contributed by atoms with Crippen molar-refractivity contribution in [2.75, 3.05) is 18.6 Å². The molecule has 0 fully saturated rings. The predicted octanol–water partition coefficient (Wildman–Crippen LogP) is 1.97. The maximum absolute atomic E-state index is 11.2. The van der Waals surface area contributed by atoms with Gasteiger partial charge >= 0.3 is 5.97 Å². The Hall–Kier alpha value is -0.220. The Kier molecular flexibility index (Phi) is 7.01. The van der Waals surface area contributed by atoms with Crippen LogP contribution < -0.4 is 5.32 Å². The Labute approximate surface area is 90.7 Å². The zero-order valence-corrected chi connectivity index (χ0v) is 10.1. The minimum atomic E-state index is -0.719. The smallest absolute Gasteiger partial charge is 0.323 e. The van der Waals surface area contributed by atoms with Crippen LogP contribution in [0.5, 0.6) is 0 Å². The zero-order valence-electron chi connectivity index (χ0n) is 9.30. The van der Waals surface area contributed by atoms with Crippen molar-refractivity contribution < 1.29 is 9.90 Å². The third kappa shape index (κ3) is 3.88. The van der Waals surface area contributed by atoms with E-state index in [4.69, 9.17) is 0 Å². The van der Waals surface area contributed by atoms with Crippen molar-refractivity contribution >= 4 is 17.7 Å². The fraction of sp³-hybridized carbons (Fsp3) is 0.900. The molecule has 3 nitrogen and oxygen atoms in total. The fourth-order valence-electron chi connectivity index (χ4n) is 1.58. The van der Waals surface area contributed by atoms with E-state index in [2.05, 4.69) is 5.32 Å². The van der Waals surface area contributed by atoms with Crippen LogP contribution in [-0.2, 0) is 4.79 Å². The van der Waals surface area contributed by atoms with E-state index in [1.54, 1.807) is 11.8 Å². The first-order valence-electron chi connectivity index (χ1n) is 5.10. The number of hydrogen-bond donors (Lipinski definition) is 2. The average molecular weight is 219 g/mol. The Bertz CT molecular complexity index is 176. The van der Waals surface area contributed by atoms with Crippen molar-refractivity contribution in [3.8, 4) is 0 Å². The Morgan fingerprint density at radius 2 is 2.14 bits per heavy atom. The van der Waals surface area contributed by atoms with Crippen LogP contribution >= 0.6 is 11.8 Å². The largest absolute Gasteiger partial charge is 0.480 e. The monoisotopic (exact) mass is 219 g/mol. The van der Waals surface area contributed by atoms with E-state index < -0.39 is 11.5 Å². The first-order valence-corrected chi connectivity index (χ1v) is 6.49. The number of thioether (sulfide) groups is 1. The van der Waals surface area contributed by atoms with Crippen LogP contribution in [0.25, 0.3) is 0 Å². The van der Waals surface area contributed by atoms with E-state index in [9.17, 15) is 9.90 Å². The third-order valence-electron chi connectivity index (χ3n) is 2.48. The van der Waals surface area contributed by atoms with Gasteiger partial charge in [0.25, 0.3) is 0 Å². The molecule has 2 N–H and O–H groups in total. The van der Waals surface area contributed by atoms with Gasteiger partial charge in [0, 0.05) is 0 Å². The molecule has 0 aliphatic rings. The molecule has 0 saturated heterocycles. The lowest BCUT2D eigenvalue weighted by atomic mass is 9.91. The van der Waals surface area contributed by atoms with Gasteiger partial charge < -0.3 is 10.4 Å². The molecular weight excluding hydrogens is 198 g/mol. The minimum Gasteiger partial charge on any atom is -0.480 e. The predicted molar refractivity (Wildman–Crippen MR) is 62.0 cm³/mol. The van der Waals surface area contributed by atoms with Crippen LogP contribution in [0.15, 0.2) is 0 Å². The van der Waals surface area contributed by atoms with Crippen LogP contribution in [0, 0.1) is 0 Å². The summed E-state index contributed by atoms with van der Waals surface area (Å²) in [4.78, 5) is 11.2. The number of likely N-dealkylation sites (N-methyl/N-ethyl adjacent to an activating group) is 1. The third-order valence-corrected chi connectivity index (χ3v) is 3.18. The highest BCUT2D eigenvalue weighted by Gasteiger charge is 2.34. The van der Waals surface area contributed by atoms with Crippen LogP contribution in [0.1, 0.15) is 33.1 Å². The molecule has 0 spiro atoms. The summed E-state index contributed by atoms with van der Waals surface area (Å²) in [5.74, 6) is 0.309. The summed E-state index contributed by atoms with van der Waals surface area (Å²) in [6.45, 7) is 4.58. The number of hydrogen-bond acceptors (Lipinski definition) is 3. The van der Waals surface area contributed by atoms with E-state index in [0.29, 0.717) is 19.4 Å². The van der Waals surface area contributed by atoms with Crippen LogP contribution in [0.3, 0.4) is 0 Å². The molecule has 0 aliphatic carbocycles. The molecule has 0 saturated carbocycles. The number of nitrogens with one attached hydrogen (secondary N) is 1. The maximum atomic E-state index is 11.2.